The van der Waals surface area contributed by atoms with Gasteiger partial charge >= 0.3 is 0 Å². The normalized spacial score (nSPS) is 11.3. The molecule has 5 rings (SSSR count). The second kappa shape index (κ2) is 5.98. The maximum atomic E-state index is 13.1. The van der Waals surface area contributed by atoms with E-state index in [1.54, 1.807) is 29.1 Å². The Bertz CT molecular complexity index is 1450. The van der Waals surface area contributed by atoms with Gasteiger partial charge in [-0.2, -0.15) is 0 Å². The predicted octanol–water partition coefficient (Wildman–Crippen LogP) is 1.91. The number of aryl methyl sites for hydroxylation is 1. The molecule has 1 aromatic carbocycles. The number of nitrogens with zero attached hydrogens (tertiary/aromatic N) is 6. The minimum Gasteiger partial charge on any atom is -0.284 e. The maximum Gasteiger partial charge on any atom is 0.279 e. The van der Waals surface area contributed by atoms with E-state index in [2.05, 4.69) is 15.2 Å². The SMILES string of the molecule is Cc1ccc(-n2ccc3c(cnc4ccn(-n5cnnc5)c(=O)c43)c2=O)cc1. The number of aromatic nitrogens is 6. The summed E-state index contributed by atoms with van der Waals surface area (Å²) in [5.74, 6) is 0. The lowest BCUT2D eigenvalue weighted by atomic mass is 10.1. The van der Waals surface area contributed by atoms with Crippen LogP contribution in [0.4, 0.5) is 0 Å². The lowest BCUT2D eigenvalue weighted by Gasteiger charge is -2.10. The molecule has 0 saturated carbocycles. The number of rotatable bonds is 2. The van der Waals surface area contributed by atoms with Crippen LogP contribution in [0.15, 0.2) is 77.2 Å². The second-order valence-electron chi connectivity index (χ2n) is 6.48. The van der Waals surface area contributed by atoms with Gasteiger partial charge in [0.2, 0.25) is 0 Å². The highest BCUT2D eigenvalue weighted by atomic mass is 16.1. The first-order valence-corrected chi connectivity index (χ1v) is 8.61. The molecule has 0 N–H and O–H groups in total. The van der Waals surface area contributed by atoms with Gasteiger partial charge in [0.1, 0.15) is 12.7 Å². The first-order valence-electron chi connectivity index (χ1n) is 8.61. The van der Waals surface area contributed by atoms with Gasteiger partial charge in [-0.3, -0.25) is 19.1 Å². The van der Waals surface area contributed by atoms with Crippen LogP contribution in [-0.2, 0) is 0 Å². The van der Waals surface area contributed by atoms with Gasteiger partial charge in [-0.15, -0.1) is 10.2 Å². The van der Waals surface area contributed by atoms with E-state index in [1.165, 1.54) is 28.2 Å². The summed E-state index contributed by atoms with van der Waals surface area (Å²) in [7, 11) is 0. The van der Waals surface area contributed by atoms with E-state index in [0.717, 1.165) is 11.3 Å². The van der Waals surface area contributed by atoms with Crippen LogP contribution in [0.25, 0.3) is 27.4 Å². The molecule has 0 aliphatic carbocycles. The summed E-state index contributed by atoms with van der Waals surface area (Å²) in [5, 5.41) is 8.78. The van der Waals surface area contributed by atoms with Crippen LogP contribution in [0.3, 0.4) is 0 Å². The number of pyridine rings is 3. The number of benzene rings is 1. The molecule has 5 aromatic rings. The molecular weight excluding hydrogens is 356 g/mol. The zero-order valence-electron chi connectivity index (χ0n) is 14.9. The Kier molecular flexibility index (Phi) is 3.45. The molecule has 0 bridgehead atoms. The van der Waals surface area contributed by atoms with E-state index >= 15 is 0 Å². The summed E-state index contributed by atoms with van der Waals surface area (Å²) < 4.78 is 4.39. The largest absolute Gasteiger partial charge is 0.284 e. The van der Waals surface area contributed by atoms with E-state index < -0.39 is 0 Å². The van der Waals surface area contributed by atoms with E-state index in [4.69, 9.17) is 0 Å². The van der Waals surface area contributed by atoms with Crippen LogP contribution >= 0.6 is 0 Å². The Hall–Kier alpha value is -4.07. The van der Waals surface area contributed by atoms with Crippen molar-refractivity contribution in [2.45, 2.75) is 6.92 Å². The summed E-state index contributed by atoms with van der Waals surface area (Å²) in [6.07, 6.45) is 7.66. The summed E-state index contributed by atoms with van der Waals surface area (Å²) >= 11 is 0. The highest BCUT2D eigenvalue weighted by Gasteiger charge is 2.13. The van der Waals surface area contributed by atoms with Gasteiger partial charge < -0.3 is 0 Å². The first-order chi connectivity index (χ1) is 13.6. The Balaban J connectivity index is 1.82. The minimum absolute atomic E-state index is 0.227. The van der Waals surface area contributed by atoms with E-state index in [9.17, 15) is 9.59 Å². The quantitative estimate of drug-likeness (QED) is 0.443. The molecule has 4 heterocycles. The van der Waals surface area contributed by atoms with Crippen molar-refractivity contribution in [2.75, 3.05) is 0 Å². The second-order valence-corrected chi connectivity index (χ2v) is 6.48. The lowest BCUT2D eigenvalue weighted by Crippen LogP contribution is -2.25. The van der Waals surface area contributed by atoms with Gasteiger partial charge in [-0.25, -0.2) is 9.35 Å². The molecule has 0 aliphatic rings. The maximum absolute atomic E-state index is 13.1. The number of hydrogen-bond acceptors (Lipinski definition) is 5. The topological polar surface area (TPSA) is 87.6 Å². The highest BCUT2D eigenvalue weighted by Crippen LogP contribution is 2.19. The molecule has 0 radical (unpaired) electrons. The Morgan fingerprint density at radius 2 is 1.57 bits per heavy atom. The van der Waals surface area contributed by atoms with Crippen LogP contribution in [0.5, 0.6) is 0 Å². The predicted molar refractivity (Wildman–Crippen MR) is 105 cm³/mol. The van der Waals surface area contributed by atoms with Crippen LogP contribution in [0.1, 0.15) is 5.56 Å². The van der Waals surface area contributed by atoms with Crippen molar-refractivity contribution in [2.24, 2.45) is 0 Å². The Morgan fingerprint density at radius 1 is 0.821 bits per heavy atom. The highest BCUT2D eigenvalue weighted by molar-refractivity contribution is 6.04. The molecule has 0 amide bonds. The third kappa shape index (κ3) is 2.35. The zero-order valence-corrected chi connectivity index (χ0v) is 14.9. The zero-order chi connectivity index (χ0) is 19.3. The van der Waals surface area contributed by atoms with Crippen LogP contribution in [-0.4, -0.2) is 29.1 Å². The minimum atomic E-state index is -0.303. The molecule has 28 heavy (non-hydrogen) atoms. The molecule has 8 nitrogen and oxygen atoms in total. The molecule has 0 atom stereocenters. The van der Waals surface area contributed by atoms with Crippen molar-refractivity contribution in [3.8, 4) is 5.69 Å². The lowest BCUT2D eigenvalue weighted by molar-refractivity contribution is 0.633. The number of hydrogen-bond donors (Lipinski definition) is 0. The van der Waals surface area contributed by atoms with Crippen LogP contribution < -0.4 is 11.1 Å². The van der Waals surface area contributed by atoms with Crippen LogP contribution in [0, 0.1) is 6.92 Å². The van der Waals surface area contributed by atoms with Crippen molar-refractivity contribution in [1.29, 1.82) is 0 Å². The van der Waals surface area contributed by atoms with Gasteiger partial charge in [-0.1, -0.05) is 17.7 Å². The average molecular weight is 370 g/mol. The molecule has 8 heteroatoms. The fraction of sp³-hybridized carbons (Fsp3) is 0.0500. The van der Waals surface area contributed by atoms with E-state index in [-0.39, 0.29) is 11.1 Å². The Labute approximate surface area is 157 Å². The van der Waals surface area contributed by atoms with Crippen molar-refractivity contribution in [3.05, 3.63) is 93.9 Å². The summed E-state index contributed by atoms with van der Waals surface area (Å²) in [5.41, 5.74) is 1.86. The van der Waals surface area contributed by atoms with E-state index in [1.807, 2.05) is 31.2 Å². The summed E-state index contributed by atoms with van der Waals surface area (Å²) in [6, 6.07) is 11.2. The monoisotopic (exact) mass is 370 g/mol. The molecular formula is C20H14N6O2. The molecule has 4 aromatic heterocycles. The smallest absolute Gasteiger partial charge is 0.279 e. The van der Waals surface area contributed by atoms with Crippen LogP contribution in [0.2, 0.25) is 0 Å². The average Bonchev–Trinajstić information content (AvgIpc) is 3.23. The van der Waals surface area contributed by atoms with E-state index in [0.29, 0.717) is 21.7 Å². The third-order valence-corrected chi connectivity index (χ3v) is 4.75. The first kappa shape index (κ1) is 16.1. The summed E-state index contributed by atoms with van der Waals surface area (Å²) in [6.45, 7) is 1.99. The Morgan fingerprint density at radius 3 is 2.32 bits per heavy atom. The molecule has 0 unspecified atom stereocenters. The standard InChI is InChI=1S/C20H14N6O2/c1-13-2-4-14(5-3-13)25-8-6-15-16(19(25)27)10-21-17-7-9-26(20(28)18(15)17)24-11-22-23-12-24/h2-12H,1H3. The van der Waals surface area contributed by atoms with Crippen molar-refractivity contribution >= 4 is 21.7 Å². The number of fused-ring (bicyclic) bond motifs is 3. The van der Waals surface area contributed by atoms with Gasteiger partial charge in [0.25, 0.3) is 11.1 Å². The van der Waals surface area contributed by atoms with Gasteiger partial charge in [0, 0.05) is 29.7 Å². The van der Waals surface area contributed by atoms with Gasteiger partial charge in [0.05, 0.1) is 16.3 Å². The molecule has 0 spiro atoms. The fourth-order valence-corrected chi connectivity index (χ4v) is 3.30. The molecule has 0 saturated heterocycles. The van der Waals surface area contributed by atoms with Crippen molar-refractivity contribution in [3.63, 3.8) is 0 Å². The fourth-order valence-electron chi connectivity index (χ4n) is 3.30. The molecule has 0 fully saturated rings. The van der Waals surface area contributed by atoms with Crippen molar-refractivity contribution in [1.82, 2.24) is 29.1 Å². The summed E-state index contributed by atoms with van der Waals surface area (Å²) in [4.78, 5) is 30.5. The third-order valence-electron chi connectivity index (χ3n) is 4.75. The molecule has 136 valence electrons. The van der Waals surface area contributed by atoms with Gasteiger partial charge in [-0.05, 0) is 31.2 Å². The molecule has 0 aliphatic heterocycles. The van der Waals surface area contributed by atoms with Crippen molar-refractivity contribution < 1.29 is 0 Å². The van der Waals surface area contributed by atoms with Gasteiger partial charge in [0.15, 0.2) is 0 Å².